The molecule has 82 valence electrons. The molecule has 3 heteroatoms. The van der Waals surface area contributed by atoms with Crippen LogP contribution in [0.15, 0.2) is 12.2 Å². The molecule has 2 aliphatic carbocycles. The molecule has 0 aromatic heterocycles. The number of methoxy groups -OCH3 is 1. The Morgan fingerprint density at radius 1 is 1.67 bits per heavy atom. The Balaban J connectivity index is 2.04. The maximum absolute atomic E-state index is 12.2. The predicted molar refractivity (Wildman–Crippen MR) is 54.5 cm³/mol. The molecule has 0 aromatic carbocycles. The fraction of sp³-hybridized carbons (Fsp3) is 0.750. The normalized spacial score (nSPS) is 47.3. The van der Waals surface area contributed by atoms with E-state index in [1.807, 2.05) is 6.08 Å². The summed E-state index contributed by atoms with van der Waals surface area (Å²) in [4.78, 5) is 12.2. The molecule has 0 aromatic rings. The Morgan fingerprint density at radius 2 is 2.53 bits per heavy atom. The van der Waals surface area contributed by atoms with Gasteiger partial charge in [0.15, 0.2) is 0 Å². The number of ether oxygens (including phenoxy) is 2. The van der Waals surface area contributed by atoms with Gasteiger partial charge in [0, 0.05) is 13.5 Å². The van der Waals surface area contributed by atoms with Gasteiger partial charge in [0.2, 0.25) is 0 Å². The molecule has 1 spiro atoms. The van der Waals surface area contributed by atoms with Gasteiger partial charge >= 0.3 is 0 Å². The number of hydrogen-bond donors (Lipinski definition) is 0. The second kappa shape index (κ2) is 2.92. The first-order valence-corrected chi connectivity index (χ1v) is 5.63. The van der Waals surface area contributed by atoms with E-state index < -0.39 is 5.41 Å². The van der Waals surface area contributed by atoms with Gasteiger partial charge in [0.25, 0.3) is 0 Å². The summed E-state index contributed by atoms with van der Waals surface area (Å²) in [7, 11) is 1.66. The largest absolute Gasteiger partial charge is 0.383 e. The summed E-state index contributed by atoms with van der Waals surface area (Å²) in [5.74, 6) is 0.300. The van der Waals surface area contributed by atoms with Crippen LogP contribution < -0.4 is 0 Å². The number of carbonyl (C=O) groups is 1. The van der Waals surface area contributed by atoms with Crippen LogP contribution in [0.4, 0.5) is 0 Å². The molecule has 0 amide bonds. The summed E-state index contributed by atoms with van der Waals surface area (Å²) in [5, 5.41) is 0. The highest BCUT2D eigenvalue weighted by molar-refractivity contribution is 5.90. The van der Waals surface area contributed by atoms with E-state index in [2.05, 4.69) is 6.08 Å². The SMILES string of the molecule is COC[C@]12C=CC[C@H]3O[C@]31CCCC2=O. The molecule has 0 bridgehead atoms. The van der Waals surface area contributed by atoms with Gasteiger partial charge in [-0.05, 0) is 19.3 Å². The minimum atomic E-state index is -0.469. The Kier molecular flexibility index (Phi) is 1.86. The van der Waals surface area contributed by atoms with Gasteiger partial charge in [-0.25, -0.2) is 0 Å². The lowest BCUT2D eigenvalue weighted by molar-refractivity contribution is -0.136. The van der Waals surface area contributed by atoms with E-state index in [4.69, 9.17) is 9.47 Å². The van der Waals surface area contributed by atoms with Crippen molar-refractivity contribution >= 4 is 5.78 Å². The van der Waals surface area contributed by atoms with E-state index in [0.717, 1.165) is 19.3 Å². The highest BCUT2D eigenvalue weighted by Gasteiger charge is 2.72. The van der Waals surface area contributed by atoms with Crippen molar-refractivity contribution in [3.63, 3.8) is 0 Å². The first kappa shape index (κ1) is 9.55. The summed E-state index contributed by atoms with van der Waals surface area (Å²) in [6.45, 7) is 0.471. The Morgan fingerprint density at radius 3 is 3.33 bits per heavy atom. The van der Waals surface area contributed by atoms with Gasteiger partial charge in [-0.1, -0.05) is 12.2 Å². The standard InChI is InChI=1S/C12H16O3/c1-14-8-11-6-3-5-10-12(11,15-10)7-2-4-9(11)13/h3,6,10H,2,4-5,7-8H2,1H3/t10-,11+,12-/m1/s1. The molecule has 0 unspecified atom stereocenters. The lowest BCUT2D eigenvalue weighted by Gasteiger charge is -2.40. The van der Waals surface area contributed by atoms with Crippen molar-refractivity contribution in [1.29, 1.82) is 0 Å². The molecule has 1 heterocycles. The number of hydrogen-bond acceptors (Lipinski definition) is 3. The average Bonchev–Trinajstić information content (AvgIpc) is 2.92. The minimum Gasteiger partial charge on any atom is -0.383 e. The van der Waals surface area contributed by atoms with Crippen LogP contribution in [-0.4, -0.2) is 31.2 Å². The topological polar surface area (TPSA) is 38.8 Å². The summed E-state index contributed by atoms with van der Waals surface area (Å²) in [5.41, 5.74) is -0.671. The van der Waals surface area contributed by atoms with Crippen molar-refractivity contribution in [2.75, 3.05) is 13.7 Å². The Bertz CT molecular complexity index is 336. The molecular weight excluding hydrogens is 192 g/mol. The van der Waals surface area contributed by atoms with Crippen molar-refractivity contribution in [3.05, 3.63) is 12.2 Å². The average molecular weight is 208 g/mol. The van der Waals surface area contributed by atoms with Crippen molar-refractivity contribution in [2.45, 2.75) is 37.4 Å². The molecule has 3 nitrogen and oxygen atoms in total. The third-order valence-electron chi connectivity index (χ3n) is 4.14. The van der Waals surface area contributed by atoms with Crippen LogP contribution in [0.1, 0.15) is 25.7 Å². The molecule has 1 saturated heterocycles. The summed E-state index contributed by atoms with van der Waals surface area (Å²) in [6.07, 6.45) is 8.00. The maximum Gasteiger partial charge on any atom is 0.148 e. The van der Waals surface area contributed by atoms with Gasteiger partial charge in [-0.3, -0.25) is 4.79 Å². The van der Waals surface area contributed by atoms with Crippen LogP contribution >= 0.6 is 0 Å². The molecule has 3 atom stereocenters. The summed E-state index contributed by atoms with van der Waals surface area (Å²) < 4.78 is 11.1. The van der Waals surface area contributed by atoms with E-state index in [-0.39, 0.29) is 11.7 Å². The Labute approximate surface area is 89.4 Å². The van der Waals surface area contributed by atoms with Crippen molar-refractivity contribution < 1.29 is 14.3 Å². The second-order valence-electron chi connectivity index (χ2n) is 4.82. The number of rotatable bonds is 2. The molecule has 2 fully saturated rings. The van der Waals surface area contributed by atoms with E-state index in [1.54, 1.807) is 7.11 Å². The smallest absolute Gasteiger partial charge is 0.148 e. The molecule has 1 aliphatic heterocycles. The Hall–Kier alpha value is -0.670. The van der Waals surface area contributed by atoms with E-state index in [9.17, 15) is 4.79 Å². The summed E-state index contributed by atoms with van der Waals surface area (Å²) >= 11 is 0. The first-order chi connectivity index (χ1) is 7.25. The van der Waals surface area contributed by atoms with Gasteiger partial charge in [0.1, 0.15) is 16.8 Å². The van der Waals surface area contributed by atoms with Crippen LogP contribution in [0.25, 0.3) is 0 Å². The zero-order valence-electron chi connectivity index (χ0n) is 8.99. The highest BCUT2D eigenvalue weighted by Crippen LogP contribution is 2.61. The van der Waals surface area contributed by atoms with Gasteiger partial charge in [-0.2, -0.15) is 0 Å². The van der Waals surface area contributed by atoms with Crippen molar-refractivity contribution in [3.8, 4) is 0 Å². The van der Waals surface area contributed by atoms with Gasteiger partial charge < -0.3 is 9.47 Å². The van der Waals surface area contributed by atoms with Crippen molar-refractivity contribution in [2.24, 2.45) is 5.41 Å². The second-order valence-corrected chi connectivity index (χ2v) is 4.82. The highest BCUT2D eigenvalue weighted by atomic mass is 16.6. The zero-order valence-corrected chi connectivity index (χ0v) is 8.99. The number of epoxide rings is 1. The molecular formula is C12H16O3. The van der Waals surface area contributed by atoms with Crippen LogP contribution in [0.2, 0.25) is 0 Å². The molecule has 1 saturated carbocycles. The molecule has 0 radical (unpaired) electrons. The first-order valence-electron chi connectivity index (χ1n) is 5.63. The van der Waals surface area contributed by atoms with E-state index in [0.29, 0.717) is 18.8 Å². The van der Waals surface area contributed by atoms with E-state index >= 15 is 0 Å². The minimum absolute atomic E-state index is 0.201. The zero-order chi connectivity index (χ0) is 10.5. The fourth-order valence-corrected chi connectivity index (χ4v) is 3.37. The number of ketones is 1. The van der Waals surface area contributed by atoms with Crippen LogP contribution in [-0.2, 0) is 14.3 Å². The fourth-order valence-electron chi connectivity index (χ4n) is 3.37. The van der Waals surface area contributed by atoms with Crippen LogP contribution in [0.3, 0.4) is 0 Å². The maximum atomic E-state index is 12.2. The van der Waals surface area contributed by atoms with E-state index in [1.165, 1.54) is 0 Å². The quantitative estimate of drug-likeness (QED) is 0.509. The number of Topliss-reactive ketones (excluding diaryl/α,β-unsaturated/α-hetero) is 1. The monoisotopic (exact) mass is 208 g/mol. The van der Waals surface area contributed by atoms with Crippen molar-refractivity contribution in [1.82, 2.24) is 0 Å². The molecule has 15 heavy (non-hydrogen) atoms. The van der Waals surface area contributed by atoms with Gasteiger partial charge in [-0.15, -0.1) is 0 Å². The lowest BCUT2D eigenvalue weighted by atomic mass is 9.61. The number of carbonyl (C=O) groups excluding carboxylic acids is 1. The molecule has 3 aliphatic rings. The summed E-state index contributed by atoms with van der Waals surface area (Å²) in [6, 6.07) is 0. The van der Waals surface area contributed by atoms with Crippen LogP contribution in [0.5, 0.6) is 0 Å². The molecule has 0 N–H and O–H groups in total. The third kappa shape index (κ3) is 1.00. The molecule has 3 rings (SSSR count). The predicted octanol–water partition coefficient (Wildman–Crippen LogP) is 1.47. The lowest BCUT2D eigenvalue weighted by Crippen LogP contribution is -2.52. The third-order valence-corrected chi connectivity index (χ3v) is 4.14. The van der Waals surface area contributed by atoms with Crippen LogP contribution in [0, 0.1) is 5.41 Å². The van der Waals surface area contributed by atoms with Gasteiger partial charge in [0.05, 0.1) is 12.7 Å².